The molecule has 4 rings (SSSR count). The summed E-state index contributed by atoms with van der Waals surface area (Å²) in [5.74, 6) is -2.90. The molecule has 3 aliphatic rings. The van der Waals surface area contributed by atoms with E-state index in [2.05, 4.69) is 0 Å². The first kappa shape index (κ1) is 17.2. The van der Waals surface area contributed by atoms with Gasteiger partial charge in [-0.2, -0.15) is 0 Å². The number of methoxy groups -OCH3 is 3. The van der Waals surface area contributed by atoms with E-state index in [4.69, 9.17) is 14.2 Å². The van der Waals surface area contributed by atoms with Crippen LogP contribution in [0, 0.1) is 11.8 Å². The molecule has 1 aromatic carbocycles. The molecular formula is C18H20O5S. The lowest BCUT2D eigenvalue weighted by Crippen LogP contribution is -2.61. The number of thioether (sulfide) groups is 1. The third-order valence-electron chi connectivity index (χ3n) is 4.75. The van der Waals surface area contributed by atoms with E-state index in [0.29, 0.717) is 12.0 Å². The van der Waals surface area contributed by atoms with Gasteiger partial charge in [0.2, 0.25) is 11.6 Å². The molecule has 0 amide bonds. The van der Waals surface area contributed by atoms with Crippen molar-refractivity contribution in [3.63, 3.8) is 0 Å². The standard InChI is InChI=1S/C18H20O5S/c1-21-17(20)13-9-11-10-14(24-12-7-5-4-6-8-12)15(13)16(19)18(11,22-2)23-3/h4-9,11,14-15H,10H2,1-3H3/t11-,14+,15+/m1/s1. The topological polar surface area (TPSA) is 61.8 Å². The van der Waals surface area contributed by atoms with Crippen molar-refractivity contribution in [3.8, 4) is 0 Å². The molecule has 1 saturated carbocycles. The minimum Gasteiger partial charge on any atom is -0.466 e. The highest BCUT2D eigenvalue weighted by molar-refractivity contribution is 8.00. The molecular weight excluding hydrogens is 328 g/mol. The number of hydrogen-bond donors (Lipinski definition) is 0. The molecule has 0 saturated heterocycles. The fraction of sp³-hybridized carbons (Fsp3) is 0.444. The molecule has 0 N–H and O–H groups in total. The highest BCUT2D eigenvalue weighted by atomic mass is 32.2. The van der Waals surface area contributed by atoms with Crippen LogP contribution in [0.25, 0.3) is 0 Å². The number of benzene rings is 1. The van der Waals surface area contributed by atoms with Gasteiger partial charge in [0, 0.05) is 35.9 Å². The molecule has 128 valence electrons. The first-order valence-electron chi connectivity index (χ1n) is 7.73. The first-order chi connectivity index (χ1) is 11.6. The lowest BCUT2D eigenvalue weighted by atomic mass is 9.66. The van der Waals surface area contributed by atoms with Gasteiger partial charge in [-0.05, 0) is 18.6 Å². The highest BCUT2D eigenvalue weighted by Crippen LogP contribution is 2.51. The molecule has 1 aromatic rings. The van der Waals surface area contributed by atoms with Gasteiger partial charge in [0.25, 0.3) is 0 Å². The lowest BCUT2D eigenvalue weighted by molar-refractivity contribution is -0.235. The van der Waals surface area contributed by atoms with Crippen LogP contribution < -0.4 is 0 Å². The minimum atomic E-state index is -1.31. The summed E-state index contributed by atoms with van der Waals surface area (Å²) < 4.78 is 15.8. The van der Waals surface area contributed by atoms with Crippen LogP contribution in [0.15, 0.2) is 46.9 Å². The molecule has 3 atom stereocenters. The van der Waals surface area contributed by atoms with Crippen molar-refractivity contribution in [1.82, 2.24) is 0 Å². The van der Waals surface area contributed by atoms with Crippen molar-refractivity contribution in [1.29, 1.82) is 0 Å². The maximum atomic E-state index is 13.1. The Hall–Kier alpha value is -1.63. The van der Waals surface area contributed by atoms with Gasteiger partial charge in [-0.25, -0.2) is 4.79 Å². The summed E-state index contributed by atoms with van der Waals surface area (Å²) in [6, 6.07) is 9.86. The summed E-state index contributed by atoms with van der Waals surface area (Å²) >= 11 is 1.60. The van der Waals surface area contributed by atoms with Crippen LogP contribution >= 0.6 is 11.8 Å². The van der Waals surface area contributed by atoms with Gasteiger partial charge in [0.15, 0.2) is 0 Å². The predicted molar refractivity (Wildman–Crippen MR) is 89.5 cm³/mol. The fourth-order valence-corrected chi connectivity index (χ4v) is 5.01. The monoisotopic (exact) mass is 348 g/mol. The quantitative estimate of drug-likeness (QED) is 0.602. The Bertz CT molecular complexity index is 665. The SMILES string of the molecule is COC(=O)C1=C[C@@H]2C[C@H](Sc3ccccc3)[C@H]1C(=O)C2(OC)OC. The van der Waals surface area contributed by atoms with E-state index < -0.39 is 17.7 Å². The zero-order valence-electron chi connectivity index (χ0n) is 13.9. The molecule has 0 unspecified atom stereocenters. The zero-order chi connectivity index (χ0) is 17.3. The predicted octanol–water partition coefficient (Wildman–Crippen LogP) is 2.45. The maximum Gasteiger partial charge on any atom is 0.334 e. The molecule has 0 heterocycles. The highest BCUT2D eigenvalue weighted by Gasteiger charge is 2.60. The molecule has 0 spiro atoms. The Morgan fingerprint density at radius 3 is 2.38 bits per heavy atom. The number of esters is 1. The number of carbonyl (C=O) groups is 2. The van der Waals surface area contributed by atoms with Crippen LogP contribution in [0.3, 0.4) is 0 Å². The molecule has 3 aliphatic carbocycles. The third-order valence-corrected chi connectivity index (χ3v) is 6.06. The van der Waals surface area contributed by atoms with E-state index in [1.54, 1.807) is 17.8 Å². The second kappa shape index (κ2) is 6.70. The Morgan fingerprint density at radius 1 is 1.17 bits per heavy atom. The summed E-state index contributed by atoms with van der Waals surface area (Å²) in [6.07, 6.45) is 2.48. The van der Waals surface area contributed by atoms with E-state index in [0.717, 1.165) is 4.90 Å². The summed E-state index contributed by atoms with van der Waals surface area (Å²) in [5.41, 5.74) is 0.414. The van der Waals surface area contributed by atoms with Gasteiger partial charge < -0.3 is 14.2 Å². The van der Waals surface area contributed by atoms with Crippen LogP contribution in [0.2, 0.25) is 0 Å². The van der Waals surface area contributed by atoms with Crippen molar-refractivity contribution < 1.29 is 23.8 Å². The summed E-state index contributed by atoms with van der Waals surface area (Å²) in [6.45, 7) is 0. The molecule has 2 bridgehead atoms. The lowest BCUT2D eigenvalue weighted by Gasteiger charge is -2.49. The number of carbonyl (C=O) groups excluding carboxylic acids is 2. The zero-order valence-corrected chi connectivity index (χ0v) is 14.7. The van der Waals surface area contributed by atoms with Crippen LogP contribution in [-0.4, -0.2) is 44.1 Å². The summed E-state index contributed by atoms with van der Waals surface area (Å²) in [7, 11) is 4.26. The number of fused-ring (bicyclic) bond motifs is 2. The largest absolute Gasteiger partial charge is 0.466 e. The number of ketones is 1. The van der Waals surface area contributed by atoms with Crippen molar-refractivity contribution >= 4 is 23.5 Å². The number of ether oxygens (including phenoxy) is 3. The van der Waals surface area contributed by atoms with Gasteiger partial charge in [-0.15, -0.1) is 11.8 Å². The Morgan fingerprint density at radius 2 is 1.83 bits per heavy atom. The van der Waals surface area contributed by atoms with Crippen molar-refractivity contribution in [3.05, 3.63) is 42.0 Å². The molecule has 0 radical (unpaired) electrons. The Labute approximate surface area is 145 Å². The average molecular weight is 348 g/mol. The van der Waals surface area contributed by atoms with Gasteiger partial charge in [0.05, 0.1) is 13.0 Å². The van der Waals surface area contributed by atoms with Crippen LogP contribution in [-0.2, 0) is 23.8 Å². The molecule has 24 heavy (non-hydrogen) atoms. The minimum absolute atomic E-state index is 0.0533. The number of Topliss-reactive ketones (excluding diaryl/α,β-unsaturated/α-hetero) is 1. The molecule has 1 fully saturated rings. The van der Waals surface area contributed by atoms with E-state index >= 15 is 0 Å². The van der Waals surface area contributed by atoms with E-state index in [1.165, 1.54) is 21.3 Å². The van der Waals surface area contributed by atoms with Gasteiger partial charge >= 0.3 is 5.97 Å². The molecule has 5 nitrogen and oxygen atoms in total. The molecule has 6 heteroatoms. The van der Waals surface area contributed by atoms with Gasteiger partial charge in [-0.3, -0.25) is 4.79 Å². The van der Waals surface area contributed by atoms with E-state index in [9.17, 15) is 9.59 Å². The van der Waals surface area contributed by atoms with Crippen molar-refractivity contribution in [2.24, 2.45) is 11.8 Å². The van der Waals surface area contributed by atoms with E-state index in [1.807, 2.05) is 30.3 Å². The smallest absolute Gasteiger partial charge is 0.334 e. The first-order valence-corrected chi connectivity index (χ1v) is 8.61. The summed E-state index contributed by atoms with van der Waals surface area (Å²) in [4.78, 5) is 26.3. The Kier molecular flexibility index (Phi) is 4.80. The van der Waals surface area contributed by atoms with E-state index in [-0.39, 0.29) is 17.0 Å². The Balaban J connectivity index is 1.98. The van der Waals surface area contributed by atoms with Crippen molar-refractivity contribution in [2.45, 2.75) is 22.4 Å². The van der Waals surface area contributed by atoms with Gasteiger partial charge in [0.1, 0.15) is 0 Å². The second-order valence-electron chi connectivity index (χ2n) is 5.84. The maximum absolute atomic E-state index is 13.1. The summed E-state index contributed by atoms with van der Waals surface area (Å²) in [5, 5.41) is -0.0533. The van der Waals surface area contributed by atoms with Crippen LogP contribution in [0.1, 0.15) is 6.42 Å². The second-order valence-corrected chi connectivity index (χ2v) is 7.16. The van der Waals surface area contributed by atoms with Crippen molar-refractivity contribution in [2.75, 3.05) is 21.3 Å². The number of hydrogen-bond acceptors (Lipinski definition) is 6. The fourth-order valence-electron chi connectivity index (χ4n) is 3.64. The van der Waals surface area contributed by atoms with Gasteiger partial charge in [-0.1, -0.05) is 24.3 Å². The van der Waals surface area contributed by atoms with Crippen LogP contribution in [0.5, 0.6) is 0 Å². The molecule has 0 aliphatic heterocycles. The molecule has 0 aromatic heterocycles. The number of rotatable bonds is 5. The normalized spacial score (nSPS) is 27.7. The average Bonchev–Trinajstić information content (AvgIpc) is 2.62. The van der Waals surface area contributed by atoms with Crippen LogP contribution in [0.4, 0.5) is 0 Å². The third kappa shape index (κ3) is 2.59.